The van der Waals surface area contributed by atoms with E-state index in [-0.39, 0.29) is 33.5 Å². The molecule has 0 saturated heterocycles. The Hall–Kier alpha value is -3.58. The molecule has 4 aliphatic carbocycles. The van der Waals surface area contributed by atoms with Gasteiger partial charge in [-0.1, -0.05) is 45.9 Å². The summed E-state index contributed by atoms with van der Waals surface area (Å²) < 4.78 is 5.36. The van der Waals surface area contributed by atoms with Crippen LogP contribution in [0.4, 0.5) is 0 Å². The number of benzene rings is 2. The Bertz CT molecular complexity index is 1930. The largest absolute Gasteiger partial charge is 0.469 e. The second-order valence-corrected chi connectivity index (χ2v) is 16.9. The Kier molecular flexibility index (Phi) is 7.52. The van der Waals surface area contributed by atoms with Crippen molar-refractivity contribution in [3.8, 4) is 0 Å². The molecule has 254 valence electrons. The number of nitrogens with one attached hydrogen (secondary N) is 1. The highest BCUT2D eigenvalue weighted by molar-refractivity contribution is 6.00. The van der Waals surface area contributed by atoms with Crippen molar-refractivity contribution < 1.29 is 14.3 Å². The molecular weight excluding hydrogens is 596 g/mol. The number of aromatic nitrogens is 2. The van der Waals surface area contributed by atoms with Crippen LogP contribution in [0.2, 0.25) is 0 Å². The van der Waals surface area contributed by atoms with Crippen LogP contribution in [-0.2, 0) is 9.53 Å². The van der Waals surface area contributed by atoms with Gasteiger partial charge in [-0.2, -0.15) is 0 Å². The van der Waals surface area contributed by atoms with E-state index in [2.05, 4.69) is 71.2 Å². The first kappa shape index (κ1) is 32.9. The molecule has 2 saturated carbocycles. The smallest absolute Gasteiger partial charge is 0.311 e. The summed E-state index contributed by atoms with van der Waals surface area (Å²) in [7, 11) is 5.53. The van der Waals surface area contributed by atoms with Crippen LogP contribution in [0, 0.1) is 39.9 Å². The topological polar surface area (TPSA) is 84.4 Å². The molecule has 48 heavy (non-hydrogen) atoms. The third-order valence-corrected chi connectivity index (χ3v) is 14.1. The number of carbonyl (C=O) groups excluding carboxylic acids is 2. The van der Waals surface area contributed by atoms with E-state index in [4.69, 9.17) is 14.7 Å². The number of likely N-dealkylation sites (N-methyl/N-ethyl adjacent to an activating group) is 1. The highest BCUT2D eigenvalue weighted by Gasteiger charge is 2.68. The van der Waals surface area contributed by atoms with Crippen molar-refractivity contribution in [2.75, 3.05) is 34.3 Å². The van der Waals surface area contributed by atoms with Gasteiger partial charge in [0.1, 0.15) is 0 Å². The minimum absolute atomic E-state index is 0.0103. The number of amides is 1. The number of ether oxygens (including phenoxy) is 1. The van der Waals surface area contributed by atoms with Crippen LogP contribution in [0.1, 0.15) is 100 Å². The summed E-state index contributed by atoms with van der Waals surface area (Å²) in [6.45, 7) is 15.7. The highest BCUT2D eigenvalue weighted by atomic mass is 16.5. The lowest BCUT2D eigenvalue weighted by Crippen LogP contribution is -2.63. The number of methoxy groups -OCH3 is 1. The van der Waals surface area contributed by atoms with Gasteiger partial charge >= 0.3 is 5.97 Å². The van der Waals surface area contributed by atoms with E-state index in [1.165, 1.54) is 30.2 Å². The molecule has 3 aromatic rings. The Labute approximate surface area is 285 Å². The van der Waals surface area contributed by atoms with Gasteiger partial charge in [-0.25, -0.2) is 9.97 Å². The zero-order chi connectivity index (χ0) is 34.4. The molecule has 1 N–H and O–H groups in total. The van der Waals surface area contributed by atoms with Gasteiger partial charge in [0, 0.05) is 24.1 Å². The van der Waals surface area contributed by atoms with Crippen LogP contribution >= 0.6 is 0 Å². The van der Waals surface area contributed by atoms with E-state index < -0.39 is 5.41 Å². The van der Waals surface area contributed by atoms with Crippen molar-refractivity contribution in [1.29, 1.82) is 0 Å². The number of hydrogen-bond acceptors (Lipinski definition) is 6. The van der Waals surface area contributed by atoms with E-state index in [9.17, 15) is 9.59 Å². The Morgan fingerprint density at radius 1 is 0.979 bits per heavy atom. The molecule has 1 amide bonds. The van der Waals surface area contributed by atoms with Crippen molar-refractivity contribution in [2.24, 2.45) is 33.0 Å². The number of esters is 1. The molecule has 0 spiro atoms. The monoisotopic (exact) mass is 648 g/mol. The summed E-state index contributed by atoms with van der Waals surface area (Å²) in [5, 5.41) is 3.01. The molecule has 0 bridgehead atoms. The van der Waals surface area contributed by atoms with Gasteiger partial charge in [-0.3, -0.25) is 9.59 Å². The number of nitrogens with zero attached hydrogens (tertiary/aromatic N) is 3. The van der Waals surface area contributed by atoms with Gasteiger partial charge in [-0.15, -0.1) is 0 Å². The predicted molar refractivity (Wildman–Crippen MR) is 193 cm³/mol. The average molecular weight is 649 g/mol. The number of allylic oxidation sites excluding steroid dienone is 3. The predicted octanol–water partition coefficient (Wildman–Crippen LogP) is 8.00. The fraction of sp³-hybridized carbons (Fsp3) is 0.561. The minimum atomic E-state index is -0.440. The molecule has 1 aromatic heterocycles. The van der Waals surface area contributed by atoms with Crippen molar-refractivity contribution in [3.05, 3.63) is 58.7 Å². The molecule has 1 heterocycles. The molecule has 7 nitrogen and oxygen atoms in total. The zero-order valence-electron chi connectivity index (χ0n) is 30.3. The van der Waals surface area contributed by atoms with Crippen molar-refractivity contribution in [2.45, 2.75) is 80.1 Å². The molecule has 0 aliphatic heterocycles. The summed E-state index contributed by atoms with van der Waals surface area (Å²) in [5.74, 6) is 0.259. The van der Waals surface area contributed by atoms with Crippen molar-refractivity contribution in [3.63, 3.8) is 0 Å². The van der Waals surface area contributed by atoms with E-state index in [0.717, 1.165) is 66.3 Å². The number of fused-ring (bicyclic) bond motifs is 9. The third-order valence-electron chi connectivity index (χ3n) is 14.1. The minimum Gasteiger partial charge on any atom is -0.469 e. The quantitative estimate of drug-likeness (QED) is 0.223. The second kappa shape index (κ2) is 11.0. The molecule has 2 aromatic carbocycles. The second-order valence-electron chi connectivity index (χ2n) is 16.9. The SMILES string of the molecule is COC(=O)[C@]1(C)CC[C@]2(C)CC[C@@]3(C)[C@@](C)(CC=C4c5cc6nc7cc(C(=O)NCCN(C)C)ccc7nc6c(C)c5C=C[C@]43C)[C@@H]2C1. The van der Waals surface area contributed by atoms with Crippen LogP contribution in [0.3, 0.4) is 0 Å². The van der Waals surface area contributed by atoms with Crippen molar-refractivity contribution in [1.82, 2.24) is 20.2 Å². The van der Waals surface area contributed by atoms with Gasteiger partial charge in [0.2, 0.25) is 0 Å². The fourth-order valence-electron chi connectivity index (χ4n) is 10.5. The van der Waals surface area contributed by atoms with Crippen LogP contribution in [0.25, 0.3) is 33.7 Å². The molecule has 2 fully saturated rings. The normalized spacial score (nSPS) is 33.8. The Morgan fingerprint density at radius 2 is 1.73 bits per heavy atom. The first-order valence-electron chi connectivity index (χ1n) is 17.8. The number of carbonyl (C=O) groups is 2. The number of aryl methyl sites for hydroxylation is 1. The lowest BCUT2D eigenvalue weighted by molar-refractivity contribution is -0.190. The van der Waals surface area contributed by atoms with E-state index >= 15 is 0 Å². The first-order valence-corrected chi connectivity index (χ1v) is 17.8. The summed E-state index contributed by atoms with van der Waals surface area (Å²) in [6.07, 6.45) is 13.5. The molecule has 7 rings (SSSR count). The lowest BCUT2D eigenvalue weighted by Gasteiger charge is -2.70. The first-order chi connectivity index (χ1) is 22.6. The van der Waals surface area contributed by atoms with Crippen LogP contribution in [0.15, 0.2) is 36.4 Å². The van der Waals surface area contributed by atoms with Crippen LogP contribution in [0.5, 0.6) is 0 Å². The summed E-state index contributed by atoms with van der Waals surface area (Å²) >= 11 is 0. The standard InChI is InChI=1S/C41H52N4O3/c1-25-27-12-14-39(4)29(13-15-40(5)33-24-38(3,36(47)48-9)17-16-37(33,2)18-19-41(39,40)6)28(27)23-32-34(25)44-30-11-10-26(22-31(30)43-32)35(46)42-20-21-45(7)8/h10-14,22-23,33H,15-21,24H2,1-9H3,(H,42,46)/t33-,37-,38-,39-,40+,41-/m1/s1. The molecule has 4 aliphatic rings. The average Bonchev–Trinajstić information content (AvgIpc) is 3.05. The Balaban J connectivity index is 1.30. The van der Waals surface area contributed by atoms with E-state index in [0.29, 0.717) is 18.0 Å². The molecular formula is C41H52N4O3. The lowest BCUT2D eigenvalue weighted by atomic mass is 9.33. The van der Waals surface area contributed by atoms with Gasteiger partial charge in [0.25, 0.3) is 5.91 Å². The van der Waals surface area contributed by atoms with Gasteiger partial charge in [0.15, 0.2) is 0 Å². The van der Waals surface area contributed by atoms with Crippen molar-refractivity contribution >= 4 is 45.6 Å². The number of rotatable bonds is 5. The molecule has 0 unspecified atom stereocenters. The maximum atomic E-state index is 13.1. The molecule has 0 radical (unpaired) electrons. The molecule has 6 atom stereocenters. The van der Waals surface area contributed by atoms with Gasteiger partial charge < -0.3 is 15.0 Å². The van der Waals surface area contributed by atoms with Crippen LogP contribution in [-0.4, -0.2) is 61.0 Å². The van der Waals surface area contributed by atoms with E-state index in [1.54, 1.807) is 0 Å². The highest BCUT2D eigenvalue weighted by Crippen LogP contribution is 2.76. The fourth-order valence-corrected chi connectivity index (χ4v) is 10.5. The van der Waals surface area contributed by atoms with Gasteiger partial charge in [0.05, 0.1) is 34.6 Å². The number of hydrogen-bond donors (Lipinski definition) is 1. The maximum Gasteiger partial charge on any atom is 0.311 e. The summed E-state index contributed by atoms with van der Waals surface area (Å²) in [5.41, 5.74) is 8.46. The summed E-state index contributed by atoms with van der Waals surface area (Å²) in [6, 6.07) is 7.86. The van der Waals surface area contributed by atoms with E-state index in [1.807, 2.05) is 37.2 Å². The zero-order valence-corrected chi connectivity index (χ0v) is 30.3. The molecule has 7 heteroatoms. The maximum absolute atomic E-state index is 13.1. The van der Waals surface area contributed by atoms with Crippen LogP contribution < -0.4 is 5.32 Å². The summed E-state index contributed by atoms with van der Waals surface area (Å²) in [4.78, 5) is 38.3. The Morgan fingerprint density at radius 3 is 2.46 bits per heavy atom. The van der Waals surface area contributed by atoms with Gasteiger partial charge in [-0.05, 0) is 135 Å². The third kappa shape index (κ3) is 4.55.